The van der Waals surface area contributed by atoms with E-state index in [-0.39, 0.29) is 44.9 Å². The number of hydrogen-bond acceptors (Lipinski definition) is 7. The third-order valence-corrected chi connectivity index (χ3v) is 3.89. The van der Waals surface area contributed by atoms with Crippen LogP contribution in [0.1, 0.15) is 20.1 Å². The SMILES string of the molecule is CC1(C)OC2[C@@H](O1)[C@@H](CO)O[C@H]2n1c(=O)c[c-]c2n[nH]nc21.[Y]. The fraction of sp³-hybridized carbons (Fsp3) is 0.615. The van der Waals surface area contributed by atoms with E-state index in [2.05, 4.69) is 21.5 Å². The molecule has 2 saturated heterocycles. The molecule has 2 fully saturated rings. The van der Waals surface area contributed by atoms with E-state index in [9.17, 15) is 9.90 Å². The Labute approximate surface area is 156 Å². The van der Waals surface area contributed by atoms with Crippen molar-refractivity contribution < 1.29 is 52.0 Å². The van der Waals surface area contributed by atoms with Crippen LogP contribution in [0.15, 0.2) is 10.9 Å². The van der Waals surface area contributed by atoms with Gasteiger partial charge in [0.15, 0.2) is 5.79 Å². The molecule has 0 aromatic carbocycles. The summed E-state index contributed by atoms with van der Waals surface area (Å²) < 4.78 is 18.8. The van der Waals surface area contributed by atoms with E-state index < -0.39 is 30.3 Å². The summed E-state index contributed by atoms with van der Waals surface area (Å²) in [5.74, 6) is -0.807. The third kappa shape index (κ3) is 2.69. The molecule has 9 nitrogen and oxygen atoms in total. The van der Waals surface area contributed by atoms with Crippen LogP contribution >= 0.6 is 0 Å². The van der Waals surface area contributed by atoms with Crippen LogP contribution in [0.5, 0.6) is 0 Å². The summed E-state index contributed by atoms with van der Waals surface area (Å²) in [6.07, 6.45) is -2.30. The monoisotopic (exact) mass is 396 g/mol. The first kappa shape index (κ1) is 17.1. The first-order valence-corrected chi connectivity index (χ1v) is 6.96. The number of nitrogens with one attached hydrogen (secondary N) is 1. The van der Waals surface area contributed by atoms with Gasteiger partial charge in [-0.25, -0.2) is 10.3 Å². The predicted octanol–water partition coefficient (Wildman–Crippen LogP) is -0.673. The Kier molecular flexibility index (Phi) is 4.45. The zero-order chi connectivity index (χ0) is 15.5. The van der Waals surface area contributed by atoms with Crippen molar-refractivity contribution in [3.63, 3.8) is 0 Å². The molecule has 0 saturated carbocycles. The summed E-state index contributed by atoms with van der Waals surface area (Å²) in [7, 11) is 0. The number of H-pyrrole nitrogens is 1. The molecule has 2 aromatic rings. The van der Waals surface area contributed by atoms with Crippen LogP contribution in [-0.2, 0) is 46.9 Å². The molecule has 0 spiro atoms. The fourth-order valence-corrected chi connectivity index (χ4v) is 3.05. The molecular weight excluding hydrogens is 381 g/mol. The number of aromatic amines is 1. The normalized spacial score (nSPS) is 32.0. The minimum absolute atomic E-state index is 0. The second-order valence-electron chi connectivity index (χ2n) is 5.81. The van der Waals surface area contributed by atoms with Gasteiger partial charge in [-0.05, 0) is 13.8 Å². The summed E-state index contributed by atoms with van der Waals surface area (Å²) >= 11 is 0. The van der Waals surface area contributed by atoms with E-state index in [0.29, 0.717) is 11.2 Å². The average molecular weight is 396 g/mol. The van der Waals surface area contributed by atoms with Crippen LogP contribution in [0.4, 0.5) is 0 Å². The van der Waals surface area contributed by atoms with Crippen molar-refractivity contribution in [3.05, 3.63) is 22.5 Å². The van der Waals surface area contributed by atoms with Gasteiger partial charge in [-0.15, -0.1) is 12.1 Å². The molecule has 0 aliphatic carbocycles. The van der Waals surface area contributed by atoms with Crippen molar-refractivity contribution in [2.24, 2.45) is 0 Å². The summed E-state index contributed by atoms with van der Waals surface area (Å²) in [6.45, 7) is 3.33. The van der Waals surface area contributed by atoms with Crippen molar-refractivity contribution in [1.82, 2.24) is 20.0 Å². The number of fused-ring (bicyclic) bond motifs is 2. The summed E-state index contributed by atoms with van der Waals surface area (Å²) in [5.41, 5.74) is 0.408. The van der Waals surface area contributed by atoms with Gasteiger partial charge in [0.25, 0.3) is 0 Å². The summed E-state index contributed by atoms with van der Waals surface area (Å²) in [4.78, 5) is 12.3. The van der Waals surface area contributed by atoms with Gasteiger partial charge in [0.2, 0.25) is 0 Å². The van der Waals surface area contributed by atoms with Gasteiger partial charge in [-0.2, -0.15) is 5.10 Å². The Balaban J connectivity index is 0.00000156. The van der Waals surface area contributed by atoms with Crippen LogP contribution in [0.2, 0.25) is 0 Å². The zero-order valence-corrected chi connectivity index (χ0v) is 15.4. The second kappa shape index (κ2) is 5.98. The topological polar surface area (TPSA) is 111 Å². The number of pyridine rings is 1. The molecule has 0 bridgehead atoms. The van der Waals surface area contributed by atoms with E-state index >= 15 is 0 Å². The van der Waals surface area contributed by atoms with E-state index in [0.717, 1.165) is 0 Å². The number of nitrogens with zero attached hydrogens (tertiary/aromatic N) is 3. The Hall–Kier alpha value is -0.706. The molecule has 2 aliphatic heterocycles. The van der Waals surface area contributed by atoms with E-state index in [1.165, 1.54) is 10.6 Å². The van der Waals surface area contributed by atoms with Gasteiger partial charge in [0, 0.05) is 38.2 Å². The number of rotatable bonds is 2. The maximum absolute atomic E-state index is 12.3. The second-order valence-corrected chi connectivity index (χ2v) is 5.81. The predicted molar refractivity (Wildman–Crippen MR) is 71.8 cm³/mol. The summed E-state index contributed by atoms with van der Waals surface area (Å²) in [5, 5.41) is 19.9. The van der Waals surface area contributed by atoms with Gasteiger partial charge in [-0.3, -0.25) is 0 Å². The molecule has 2 N–H and O–H groups in total. The van der Waals surface area contributed by atoms with Crippen molar-refractivity contribution >= 4 is 11.2 Å². The zero-order valence-electron chi connectivity index (χ0n) is 12.6. The number of ether oxygens (including phenoxy) is 3. The Morgan fingerprint density at radius 1 is 1.39 bits per heavy atom. The molecule has 4 atom stereocenters. The fourth-order valence-electron chi connectivity index (χ4n) is 3.05. The minimum Gasteiger partial charge on any atom is -0.394 e. The van der Waals surface area contributed by atoms with Gasteiger partial charge in [0.1, 0.15) is 30.1 Å². The van der Waals surface area contributed by atoms with Gasteiger partial charge in [0.05, 0.1) is 12.3 Å². The molecule has 2 aliphatic rings. The molecule has 4 heterocycles. The number of aliphatic hydroxyl groups excluding tert-OH is 1. The average Bonchev–Trinajstić information content (AvgIpc) is 3.12. The van der Waals surface area contributed by atoms with E-state index in [4.69, 9.17) is 14.2 Å². The van der Waals surface area contributed by atoms with Crippen LogP contribution < -0.4 is 5.56 Å². The summed E-state index contributed by atoms with van der Waals surface area (Å²) in [6, 6.07) is 4.02. The van der Waals surface area contributed by atoms with Crippen LogP contribution in [-0.4, -0.2) is 55.8 Å². The largest absolute Gasteiger partial charge is 0.394 e. The molecule has 10 heteroatoms. The van der Waals surface area contributed by atoms with Gasteiger partial charge >= 0.3 is 0 Å². The molecular formula is C13H15N4O5Y-. The van der Waals surface area contributed by atoms with Crippen molar-refractivity contribution in [2.45, 2.75) is 44.2 Å². The molecule has 4 rings (SSSR count). The van der Waals surface area contributed by atoms with Crippen LogP contribution in [0, 0.1) is 6.07 Å². The number of aromatic nitrogens is 4. The van der Waals surface area contributed by atoms with Crippen molar-refractivity contribution in [1.29, 1.82) is 0 Å². The smallest absolute Gasteiger partial charge is 0.164 e. The Morgan fingerprint density at radius 3 is 2.87 bits per heavy atom. The van der Waals surface area contributed by atoms with Gasteiger partial charge in [-0.1, -0.05) is 0 Å². The Morgan fingerprint density at radius 2 is 2.13 bits per heavy atom. The molecule has 2 aromatic heterocycles. The minimum atomic E-state index is -0.807. The number of aliphatic hydroxyl groups is 1. The van der Waals surface area contributed by atoms with Crippen LogP contribution in [0.3, 0.4) is 0 Å². The van der Waals surface area contributed by atoms with Gasteiger partial charge < -0.3 is 28.7 Å². The maximum atomic E-state index is 12.3. The first-order chi connectivity index (χ1) is 10.5. The van der Waals surface area contributed by atoms with E-state index in [1.54, 1.807) is 13.8 Å². The molecule has 23 heavy (non-hydrogen) atoms. The third-order valence-electron chi connectivity index (χ3n) is 3.89. The maximum Gasteiger partial charge on any atom is 0.164 e. The Bertz CT molecular complexity index is 775. The molecule has 121 valence electrons. The standard InChI is InChI=1S/C13H15N4O5.Y/c1-13(2)21-9-7(5-18)20-12(10(9)22-13)17-8(19)4-3-6-11(17)15-16-14-6;/h4,7,9-10,12,18H,5H2,1-2H3,(H,14,15,16);/q-1;/t7-,9+,10?,12-;/m1./s1. The molecule has 1 radical (unpaired) electrons. The van der Waals surface area contributed by atoms with Crippen molar-refractivity contribution in [3.8, 4) is 0 Å². The van der Waals surface area contributed by atoms with E-state index in [1.807, 2.05) is 0 Å². The molecule has 0 amide bonds. The van der Waals surface area contributed by atoms with Crippen LogP contribution in [0.25, 0.3) is 11.2 Å². The van der Waals surface area contributed by atoms with Crippen molar-refractivity contribution in [2.75, 3.05) is 6.61 Å². The molecule has 1 unspecified atom stereocenters. The quantitative estimate of drug-likeness (QED) is 0.648. The first-order valence-electron chi connectivity index (χ1n) is 6.96. The number of hydrogen-bond donors (Lipinski definition) is 2.